The lowest BCUT2D eigenvalue weighted by Gasteiger charge is -2.38. The maximum atomic E-state index is 13.1. The van der Waals surface area contributed by atoms with Crippen LogP contribution in [-0.2, 0) is 11.3 Å². The van der Waals surface area contributed by atoms with Gasteiger partial charge in [0.15, 0.2) is 0 Å². The predicted molar refractivity (Wildman–Crippen MR) is 111 cm³/mol. The van der Waals surface area contributed by atoms with E-state index in [0.29, 0.717) is 31.5 Å². The van der Waals surface area contributed by atoms with Crippen LogP contribution >= 0.6 is 11.3 Å². The van der Waals surface area contributed by atoms with Crippen LogP contribution in [0.5, 0.6) is 0 Å². The molecule has 2 saturated heterocycles. The zero-order chi connectivity index (χ0) is 20.2. The van der Waals surface area contributed by atoms with Crippen LogP contribution in [0.4, 0.5) is 4.39 Å². The summed E-state index contributed by atoms with van der Waals surface area (Å²) in [5, 5.41) is 2.10. The Bertz CT molecular complexity index is 824. The van der Waals surface area contributed by atoms with Crippen molar-refractivity contribution in [1.29, 1.82) is 0 Å². The van der Waals surface area contributed by atoms with E-state index >= 15 is 0 Å². The van der Waals surface area contributed by atoms with Gasteiger partial charge in [0.2, 0.25) is 5.91 Å². The fourth-order valence-corrected chi connectivity index (χ4v) is 4.86. The number of hydrogen-bond donors (Lipinski definition) is 0. The first kappa shape index (κ1) is 20.0. The van der Waals surface area contributed by atoms with Gasteiger partial charge in [-0.05, 0) is 48.6 Å². The summed E-state index contributed by atoms with van der Waals surface area (Å²) >= 11 is 1.77. The molecule has 2 aliphatic heterocycles. The molecule has 2 aromatic rings. The third-order valence-corrected chi connectivity index (χ3v) is 6.73. The highest BCUT2D eigenvalue weighted by molar-refractivity contribution is 7.09. The third kappa shape index (κ3) is 4.85. The second-order valence-electron chi connectivity index (χ2n) is 7.75. The molecule has 2 fully saturated rings. The highest BCUT2D eigenvalue weighted by Crippen LogP contribution is 2.22. The Hall–Kier alpha value is -2.25. The summed E-state index contributed by atoms with van der Waals surface area (Å²) in [6.07, 6.45) is 1.39. The van der Waals surface area contributed by atoms with Crippen molar-refractivity contribution < 1.29 is 14.0 Å². The van der Waals surface area contributed by atoms with Crippen molar-refractivity contribution in [3.8, 4) is 0 Å². The van der Waals surface area contributed by atoms with E-state index in [2.05, 4.69) is 22.4 Å². The summed E-state index contributed by atoms with van der Waals surface area (Å²) < 4.78 is 13.1. The topological polar surface area (TPSA) is 43.9 Å². The lowest BCUT2D eigenvalue weighted by atomic mass is 9.94. The molecule has 29 heavy (non-hydrogen) atoms. The minimum absolute atomic E-state index is 0.00360. The lowest BCUT2D eigenvalue weighted by molar-refractivity contribution is -0.138. The quantitative estimate of drug-likeness (QED) is 0.771. The molecule has 0 atom stereocenters. The Kier molecular flexibility index (Phi) is 6.25. The van der Waals surface area contributed by atoms with E-state index in [1.807, 2.05) is 4.90 Å². The summed E-state index contributed by atoms with van der Waals surface area (Å²) in [5.41, 5.74) is 0.498. The highest BCUT2D eigenvalue weighted by Gasteiger charge is 2.32. The summed E-state index contributed by atoms with van der Waals surface area (Å²) in [5.74, 6) is -0.204. The minimum Gasteiger partial charge on any atom is -0.340 e. The van der Waals surface area contributed by atoms with Crippen molar-refractivity contribution >= 4 is 23.2 Å². The van der Waals surface area contributed by atoms with Gasteiger partial charge in [-0.2, -0.15) is 0 Å². The van der Waals surface area contributed by atoms with Crippen LogP contribution in [0.25, 0.3) is 0 Å². The summed E-state index contributed by atoms with van der Waals surface area (Å²) in [7, 11) is 0. The smallest absolute Gasteiger partial charge is 0.253 e. The number of carbonyl (C=O) groups excluding carboxylic acids is 2. The zero-order valence-corrected chi connectivity index (χ0v) is 17.2. The van der Waals surface area contributed by atoms with Crippen molar-refractivity contribution in [2.24, 2.45) is 5.92 Å². The van der Waals surface area contributed by atoms with Crippen LogP contribution in [0.2, 0.25) is 0 Å². The van der Waals surface area contributed by atoms with Crippen molar-refractivity contribution in [3.05, 3.63) is 58.0 Å². The van der Waals surface area contributed by atoms with E-state index in [0.717, 1.165) is 32.7 Å². The number of halogens is 1. The molecule has 0 unspecified atom stereocenters. The van der Waals surface area contributed by atoms with Crippen LogP contribution in [0, 0.1) is 11.7 Å². The first-order chi connectivity index (χ1) is 14.1. The molecule has 0 spiro atoms. The number of amides is 2. The van der Waals surface area contributed by atoms with E-state index in [1.54, 1.807) is 16.2 Å². The standard InChI is InChI=1S/C22H26FN3O2S/c23-19-5-3-17(4-6-19)21(27)25-9-7-18(8-10-25)22(28)26-13-11-24(12-14-26)16-20-2-1-15-29-20/h1-6,15,18H,7-14,16H2. The van der Waals surface area contributed by atoms with Crippen molar-refractivity contribution in [2.75, 3.05) is 39.3 Å². The largest absolute Gasteiger partial charge is 0.340 e. The average molecular weight is 416 g/mol. The van der Waals surface area contributed by atoms with E-state index in [9.17, 15) is 14.0 Å². The van der Waals surface area contributed by atoms with Gasteiger partial charge in [-0.15, -0.1) is 11.3 Å². The molecular weight excluding hydrogens is 389 g/mol. The van der Waals surface area contributed by atoms with Crippen LogP contribution in [-0.4, -0.2) is 65.8 Å². The lowest BCUT2D eigenvalue weighted by Crippen LogP contribution is -2.51. The average Bonchev–Trinajstić information content (AvgIpc) is 3.27. The number of carbonyl (C=O) groups is 2. The second kappa shape index (κ2) is 9.05. The summed E-state index contributed by atoms with van der Waals surface area (Å²) in [4.78, 5) is 33.0. The fourth-order valence-electron chi connectivity index (χ4n) is 4.11. The van der Waals surface area contributed by atoms with E-state index < -0.39 is 0 Å². The minimum atomic E-state index is -0.346. The number of nitrogens with zero attached hydrogens (tertiary/aromatic N) is 3. The van der Waals surface area contributed by atoms with Crippen molar-refractivity contribution in [1.82, 2.24) is 14.7 Å². The second-order valence-corrected chi connectivity index (χ2v) is 8.79. The van der Waals surface area contributed by atoms with Gasteiger partial charge in [0, 0.05) is 62.2 Å². The van der Waals surface area contributed by atoms with E-state index in [-0.39, 0.29) is 23.5 Å². The number of hydrogen-bond acceptors (Lipinski definition) is 4. The maximum Gasteiger partial charge on any atom is 0.253 e. The molecule has 0 aliphatic carbocycles. The molecule has 3 heterocycles. The van der Waals surface area contributed by atoms with Gasteiger partial charge >= 0.3 is 0 Å². The molecule has 0 radical (unpaired) electrons. The number of benzene rings is 1. The molecule has 0 bridgehead atoms. The van der Waals surface area contributed by atoms with Gasteiger partial charge in [0.25, 0.3) is 5.91 Å². The SMILES string of the molecule is O=C(c1ccc(F)cc1)N1CCC(C(=O)N2CCN(Cc3cccs3)CC2)CC1. The van der Waals surface area contributed by atoms with Crippen LogP contribution in [0.15, 0.2) is 41.8 Å². The Balaban J connectivity index is 1.24. The molecule has 2 amide bonds. The van der Waals surface area contributed by atoms with Gasteiger partial charge in [-0.1, -0.05) is 6.07 Å². The molecule has 0 saturated carbocycles. The van der Waals surface area contributed by atoms with Crippen LogP contribution < -0.4 is 0 Å². The van der Waals surface area contributed by atoms with Gasteiger partial charge < -0.3 is 9.80 Å². The van der Waals surface area contributed by atoms with Gasteiger partial charge in [0.05, 0.1) is 0 Å². The molecule has 2 aliphatic rings. The Labute approximate surface area is 174 Å². The van der Waals surface area contributed by atoms with Crippen LogP contribution in [0.3, 0.4) is 0 Å². The first-order valence-corrected chi connectivity index (χ1v) is 11.1. The van der Waals surface area contributed by atoms with Crippen molar-refractivity contribution in [2.45, 2.75) is 19.4 Å². The first-order valence-electron chi connectivity index (χ1n) is 10.2. The summed E-state index contributed by atoms with van der Waals surface area (Å²) in [6.45, 7) is 5.48. The highest BCUT2D eigenvalue weighted by atomic mass is 32.1. The number of piperazine rings is 1. The fraction of sp³-hybridized carbons (Fsp3) is 0.455. The Morgan fingerprint density at radius 3 is 2.24 bits per heavy atom. The number of piperidine rings is 1. The van der Waals surface area contributed by atoms with Gasteiger partial charge in [-0.25, -0.2) is 4.39 Å². The van der Waals surface area contributed by atoms with Crippen LogP contribution in [0.1, 0.15) is 28.1 Å². The van der Waals surface area contributed by atoms with E-state index in [1.165, 1.54) is 29.1 Å². The molecule has 154 valence electrons. The predicted octanol–water partition coefficient (Wildman–Crippen LogP) is 3.08. The van der Waals surface area contributed by atoms with Crippen molar-refractivity contribution in [3.63, 3.8) is 0 Å². The summed E-state index contributed by atoms with van der Waals surface area (Å²) in [6, 6.07) is 9.88. The molecule has 1 aromatic heterocycles. The number of likely N-dealkylation sites (tertiary alicyclic amines) is 1. The molecule has 1 aromatic carbocycles. The molecular formula is C22H26FN3O2S. The Morgan fingerprint density at radius 1 is 0.931 bits per heavy atom. The number of thiophene rings is 1. The number of rotatable bonds is 4. The van der Waals surface area contributed by atoms with Gasteiger partial charge in [-0.3, -0.25) is 14.5 Å². The van der Waals surface area contributed by atoms with Gasteiger partial charge in [0.1, 0.15) is 5.82 Å². The maximum absolute atomic E-state index is 13.1. The van der Waals surface area contributed by atoms with E-state index in [4.69, 9.17) is 0 Å². The zero-order valence-electron chi connectivity index (χ0n) is 16.4. The normalized spacial score (nSPS) is 18.8. The molecule has 4 rings (SSSR count). The Morgan fingerprint density at radius 2 is 1.62 bits per heavy atom. The monoisotopic (exact) mass is 415 g/mol. The molecule has 7 heteroatoms. The molecule has 0 N–H and O–H groups in total. The molecule has 5 nitrogen and oxygen atoms in total. The third-order valence-electron chi connectivity index (χ3n) is 5.87.